The van der Waals surface area contributed by atoms with Gasteiger partial charge >= 0.3 is 5.97 Å². The van der Waals surface area contributed by atoms with Gasteiger partial charge in [-0.3, -0.25) is 9.59 Å². The van der Waals surface area contributed by atoms with Crippen molar-refractivity contribution in [3.05, 3.63) is 0 Å². The molecule has 0 spiro atoms. The molecule has 94 valence electrons. The number of esters is 1. The van der Waals surface area contributed by atoms with Crippen molar-refractivity contribution in [3.63, 3.8) is 0 Å². The van der Waals surface area contributed by atoms with Gasteiger partial charge in [0.15, 0.2) is 0 Å². The average Bonchev–Trinajstić information content (AvgIpc) is 2.08. The van der Waals surface area contributed by atoms with Crippen LogP contribution >= 0.6 is 0 Å². The molecule has 0 aliphatic heterocycles. The van der Waals surface area contributed by atoms with Gasteiger partial charge in [-0.2, -0.15) is 0 Å². The maximum absolute atomic E-state index is 11.3. The highest BCUT2D eigenvalue weighted by molar-refractivity contribution is 5.76. The Labute approximate surface area is 97.1 Å². The van der Waals surface area contributed by atoms with Gasteiger partial charge < -0.3 is 15.0 Å². The van der Waals surface area contributed by atoms with E-state index in [0.717, 1.165) is 0 Å². The number of rotatable bonds is 5. The summed E-state index contributed by atoms with van der Waals surface area (Å²) in [5, 5.41) is 2.87. The topological polar surface area (TPSA) is 58.6 Å². The van der Waals surface area contributed by atoms with Gasteiger partial charge in [-0.25, -0.2) is 0 Å². The monoisotopic (exact) mass is 230 g/mol. The van der Waals surface area contributed by atoms with Crippen molar-refractivity contribution in [2.45, 2.75) is 32.8 Å². The van der Waals surface area contributed by atoms with E-state index in [0.29, 0.717) is 13.0 Å². The summed E-state index contributed by atoms with van der Waals surface area (Å²) in [5.74, 6) is -0.263. The van der Waals surface area contributed by atoms with Gasteiger partial charge in [0.2, 0.25) is 5.91 Å². The van der Waals surface area contributed by atoms with Gasteiger partial charge in [0.25, 0.3) is 0 Å². The summed E-state index contributed by atoms with van der Waals surface area (Å²) in [7, 11) is 3.41. The van der Waals surface area contributed by atoms with E-state index in [1.807, 2.05) is 20.8 Å². The van der Waals surface area contributed by atoms with Crippen LogP contribution < -0.4 is 5.32 Å². The molecule has 0 heterocycles. The van der Waals surface area contributed by atoms with Gasteiger partial charge in [0, 0.05) is 27.1 Å². The molecule has 0 rings (SSSR count). The summed E-state index contributed by atoms with van der Waals surface area (Å²) in [6.07, 6.45) is 0.385. The van der Waals surface area contributed by atoms with Crippen LogP contribution in [0.5, 0.6) is 0 Å². The second-order valence-electron chi connectivity index (χ2n) is 4.80. The molecule has 0 aromatic carbocycles. The number of hydrogen-bond donors (Lipinski definition) is 1. The standard InChI is InChI=1S/C11H22N2O3/c1-11(2,3)16-10(15)8-12-7-6-9(14)13(4)5/h12H,6-8H2,1-5H3. The first-order valence-corrected chi connectivity index (χ1v) is 5.35. The number of carbonyl (C=O) groups is 2. The van der Waals surface area contributed by atoms with E-state index >= 15 is 0 Å². The lowest BCUT2D eigenvalue weighted by Crippen LogP contribution is -2.33. The Hall–Kier alpha value is -1.10. The maximum atomic E-state index is 11.3. The molecule has 16 heavy (non-hydrogen) atoms. The van der Waals surface area contributed by atoms with E-state index in [1.165, 1.54) is 4.90 Å². The highest BCUT2D eigenvalue weighted by atomic mass is 16.6. The summed E-state index contributed by atoms with van der Waals surface area (Å²) in [5.41, 5.74) is -0.460. The van der Waals surface area contributed by atoms with E-state index in [1.54, 1.807) is 14.1 Å². The summed E-state index contributed by atoms with van der Waals surface area (Å²) in [6, 6.07) is 0. The van der Waals surface area contributed by atoms with Crippen molar-refractivity contribution in [1.82, 2.24) is 10.2 Å². The predicted octanol–water partition coefficient (Wildman–Crippen LogP) is 0.396. The molecule has 0 bridgehead atoms. The first-order valence-electron chi connectivity index (χ1n) is 5.35. The van der Waals surface area contributed by atoms with Crippen LogP contribution in [0.2, 0.25) is 0 Å². The molecule has 0 atom stereocenters. The second kappa shape index (κ2) is 6.48. The van der Waals surface area contributed by atoms with Crippen LogP contribution in [0.1, 0.15) is 27.2 Å². The third-order valence-corrected chi connectivity index (χ3v) is 1.70. The summed E-state index contributed by atoms with van der Waals surface area (Å²) in [4.78, 5) is 24.0. The number of carbonyl (C=O) groups excluding carboxylic acids is 2. The van der Waals surface area contributed by atoms with E-state index in [4.69, 9.17) is 4.74 Å². The number of hydrogen-bond acceptors (Lipinski definition) is 4. The number of nitrogens with zero attached hydrogens (tertiary/aromatic N) is 1. The zero-order chi connectivity index (χ0) is 12.8. The molecule has 0 unspecified atom stereocenters. The molecule has 0 aromatic rings. The number of ether oxygens (including phenoxy) is 1. The summed E-state index contributed by atoms with van der Waals surface area (Å²) in [6.45, 7) is 6.08. The number of amides is 1. The minimum atomic E-state index is -0.460. The zero-order valence-electron chi connectivity index (χ0n) is 10.8. The highest BCUT2D eigenvalue weighted by Crippen LogP contribution is 2.06. The normalized spacial score (nSPS) is 11.1. The van der Waals surface area contributed by atoms with E-state index in [9.17, 15) is 9.59 Å². The molecular formula is C11H22N2O3. The summed E-state index contributed by atoms with van der Waals surface area (Å²) >= 11 is 0. The SMILES string of the molecule is CN(C)C(=O)CCNCC(=O)OC(C)(C)C. The van der Waals surface area contributed by atoms with Crippen molar-refractivity contribution in [3.8, 4) is 0 Å². The average molecular weight is 230 g/mol. The molecule has 5 nitrogen and oxygen atoms in total. The summed E-state index contributed by atoms with van der Waals surface area (Å²) < 4.78 is 5.10. The molecule has 0 saturated heterocycles. The van der Waals surface area contributed by atoms with E-state index in [-0.39, 0.29) is 18.4 Å². The Bertz CT molecular complexity index is 244. The van der Waals surface area contributed by atoms with Crippen molar-refractivity contribution in [2.75, 3.05) is 27.2 Å². The lowest BCUT2D eigenvalue weighted by atomic mass is 10.2. The Morgan fingerprint density at radius 3 is 2.25 bits per heavy atom. The van der Waals surface area contributed by atoms with Gasteiger partial charge in [0.1, 0.15) is 5.60 Å². The van der Waals surface area contributed by atoms with Crippen LogP contribution in [0.25, 0.3) is 0 Å². The van der Waals surface area contributed by atoms with Crippen LogP contribution in [0.3, 0.4) is 0 Å². The fourth-order valence-electron chi connectivity index (χ4n) is 0.987. The molecule has 0 aliphatic rings. The fraction of sp³-hybridized carbons (Fsp3) is 0.818. The van der Waals surface area contributed by atoms with Gasteiger partial charge in [0.05, 0.1) is 6.54 Å². The van der Waals surface area contributed by atoms with Gasteiger partial charge in [-0.15, -0.1) is 0 Å². The molecular weight excluding hydrogens is 208 g/mol. The van der Waals surface area contributed by atoms with Crippen LogP contribution in [-0.2, 0) is 14.3 Å². The van der Waals surface area contributed by atoms with E-state index in [2.05, 4.69) is 5.32 Å². The minimum Gasteiger partial charge on any atom is -0.459 e. The third kappa shape index (κ3) is 8.23. The molecule has 0 aromatic heterocycles. The third-order valence-electron chi connectivity index (χ3n) is 1.70. The number of nitrogens with one attached hydrogen (secondary N) is 1. The first kappa shape index (κ1) is 14.9. The fourth-order valence-corrected chi connectivity index (χ4v) is 0.987. The zero-order valence-corrected chi connectivity index (χ0v) is 10.8. The van der Waals surface area contributed by atoms with Crippen LogP contribution in [0.15, 0.2) is 0 Å². The molecule has 5 heteroatoms. The lowest BCUT2D eigenvalue weighted by Gasteiger charge is -2.19. The molecule has 0 saturated carbocycles. The highest BCUT2D eigenvalue weighted by Gasteiger charge is 2.15. The molecule has 1 amide bonds. The molecule has 0 fully saturated rings. The molecule has 0 radical (unpaired) electrons. The first-order chi connectivity index (χ1) is 7.22. The maximum Gasteiger partial charge on any atom is 0.320 e. The second-order valence-corrected chi connectivity index (χ2v) is 4.80. The predicted molar refractivity (Wildman–Crippen MR) is 62.0 cm³/mol. The van der Waals surface area contributed by atoms with Gasteiger partial charge in [-0.05, 0) is 20.8 Å². The van der Waals surface area contributed by atoms with Crippen molar-refractivity contribution < 1.29 is 14.3 Å². The smallest absolute Gasteiger partial charge is 0.320 e. The van der Waals surface area contributed by atoms with Gasteiger partial charge in [-0.1, -0.05) is 0 Å². The Morgan fingerprint density at radius 2 is 1.81 bits per heavy atom. The quantitative estimate of drug-likeness (QED) is 0.548. The van der Waals surface area contributed by atoms with Crippen LogP contribution in [-0.4, -0.2) is 49.6 Å². The Morgan fingerprint density at radius 1 is 1.25 bits per heavy atom. The van der Waals surface area contributed by atoms with Crippen LogP contribution in [0, 0.1) is 0 Å². The van der Waals surface area contributed by atoms with Crippen molar-refractivity contribution in [1.29, 1.82) is 0 Å². The Balaban J connectivity index is 3.60. The molecule has 0 aliphatic carbocycles. The Kier molecular flexibility index (Phi) is 6.03. The lowest BCUT2D eigenvalue weighted by molar-refractivity contribution is -0.153. The van der Waals surface area contributed by atoms with E-state index < -0.39 is 5.60 Å². The largest absolute Gasteiger partial charge is 0.459 e. The molecule has 1 N–H and O–H groups in total. The van der Waals surface area contributed by atoms with Crippen molar-refractivity contribution >= 4 is 11.9 Å². The van der Waals surface area contributed by atoms with Crippen molar-refractivity contribution in [2.24, 2.45) is 0 Å². The minimum absolute atomic E-state index is 0.0386. The van der Waals surface area contributed by atoms with Crippen LogP contribution in [0.4, 0.5) is 0 Å².